The van der Waals surface area contributed by atoms with E-state index in [4.69, 9.17) is 14.6 Å². The molecule has 0 aromatic heterocycles. The molecule has 0 atom stereocenters. The zero-order chi connectivity index (χ0) is 20.2. The van der Waals surface area contributed by atoms with E-state index >= 15 is 0 Å². The summed E-state index contributed by atoms with van der Waals surface area (Å²) in [6.45, 7) is 1.66. The minimum Gasteiger partial charge on any atom is -0.481 e. The number of benzene rings is 2. The summed E-state index contributed by atoms with van der Waals surface area (Å²) in [7, 11) is 0. The predicted octanol–water partition coefficient (Wildman–Crippen LogP) is 3.89. The Morgan fingerprint density at radius 2 is 1.55 bits per heavy atom. The van der Waals surface area contributed by atoms with Crippen molar-refractivity contribution in [3.63, 3.8) is 0 Å². The number of carbonyl (C=O) groups excluding carboxylic acids is 1. The van der Waals surface area contributed by atoms with E-state index < -0.39 is 5.97 Å². The van der Waals surface area contributed by atoms with Gasteiger partial charge >= 0.3 is 12.1 Å². The first-order valence-corrected chi connectivity index (χ1v) is 10.1. The normalized spacial score (nSPS) is 16.3. The predicted molar refractivity (Wildman–Crippen MR) is 108 cm³/mol. The van der Waals surface area contributed by atoms with Crippen molar-refractivity contribution in [2.45, 2.75) is 31.3 Å². The summed E-state index contributed by atoms with van der Waals surface area (Å²) in [5, 5.41) is 8.68. The van der Waals surface area contributed by atoms with Crippen LogP contribution in [0, 0.1) is 0 Å². The molecule has 6 nitrogen and oxygen atoms in total. The average Bonchev–Trinajstić information content (AvgIpc) is 3.06. The van der Waals surface area contributed by atoms with Gasteiger partial charge in [-0.25, -0.2) is 4.79 Å². The van der Waals surface area contributed by atoms with Gasteiger partial charge in [0.2, 0.25) is 0 Å². The summed E-state index contributed by atoms with van der Waals surface area (Å²) in [6.07, 6.45) is 1.11. The van der Waals surface area contributed by atoms with E-state index in [9.17, 15) is 9.59 Å². The Morgan fingerprint density at radius 3 is 2.14 bits per heavy atom. The van der Waals surface area contributed by atoms with Crippen LogP contribution in [-0.4, -0.2) is 54.5 Å². The summed E-state index contributed by atoms with van der Waals surface area (Å²) in [4.78, 5) is 24.9. The van der Waals surface area contributed by atoms with Crippen LogP contribution in [0.5, 0.6) is 0 Å². The van der Waals surface area contributed by atoms with Gasteiger partial charge in [0.1, 0.15) is 6.61 Å². The Hall–Kier alpha value is -2.86. The summed E-state index contributed by atoms with van der Waals surface area (Å²) in [6, 6.07) is 16.6. The van der Waals surface area contributed by atoms with Gasteiger partial charge in [-0.2, -0.15) is 0 Å². The molecule has 0 radical (unpaired) electrons. The molecule has 1 heterocycles. The largest absolute Gasteiger partial charge is 0.481 e. The molecule has 1 aliphatic carbocycles. The fourth-order valence-corrected chi connectivity index (χ4v) is 4.20. The molecule has 0 unspecified atom stereocenters. The van der Waals surface area contributed by atoms with Crippen LogP contribution in [0.15, 0.2) is 48.5 Å². The number of carboxylic acids is 1. The Labute approximate surface area is 170 Å². The SMILES string of the molecule is O=C(O)CCOC1CCN(C(=O)OCC2c3ccccc3-c3ccccc32)CC1. The highest BCUT2D eigenvalue weighted by Gasteiger charge is 2.30. The number of likely N-dealkylation sites (tertiary alicyclic amines) is 1. The van der Waals surface area contributed by atoms with Crippen molar-refractivity contribution in [3.05, 3.63) is 59.7 Å². The number of carbonyl (C=O) groups is 2. The Bertz CT molecular complexity index is 843. The monoisotopic (exact) mass is 395 g/mol. The first kappa shape index (κ1) is 19.5. The van der Waals surface area contributed by atoms with Gasteiger partial charge in [-0.3, -0.25) is 4.79 Å². The zero-order valence-electron chi connectivity index (χ0n) is 16.3. The number of piperidine rings is 1. The number of ether oxygens (including phenoxy) is 2. The van der Waals surface area contributed by atoms with Crippen molar-refractivity contribution in [2.75, 3.05) is 26.3 Å². The molecule has 2 aromatic carbocycles. The van der Waals surface area contributed by atoms with E-state index in [-0.39, 0.29) is 31.1 Å². The van der Waals surface area contributed by atoms with Crippen molar-refractivity contribution in [3.8, 4) is 11.1 Å². The maximum Gasteiger partial charge on any atom is 0.409 e. The van der Waals surface area contributed by atoms with Crippen LogP contribution in [-0.2, 0) is 14.3 Å². The van der Waals surface area contributed by atoms with Crippen molar-refractivity contribution in [1.29, 1.82) is 0 Å². The lowest BCUT2D eigenvalue weighted by Gasteiger charge is -2.31. The highest BCUT2D eigenvalue weighted by atomic mass is 16.6. The maximum atomic E-state index is 12.6. The molecule has 1 N–H and O–H groups in total. The van der Waals surface area contributed by atoms with E-state index in [1.54, 1.807) is 4.90 Å². The van der Waals surface area contributed by atoms with E-state index in [2.05, 4.69) is 24.3 Å². The third kappa shape index (κ3) is 4.27. The molecule has 152 valence electrons. The Morgan fingerprint density at radius 1 is 0.966 bits per heavy atom. The summed E-state index contributed by atoms with van der Waals surface area (Å²) in [5.74, 6) is -0.802. The van der Waals surface area contributed by atoms with E-state index in [1.807, 2.05) is 24.3 Å². The van der Waals surface area contributed by atoms with Gasteiger partial charge in [-0.05, 0) is 35.1 Å². The molecule has 2 aliphatic rings. The fraction of sp³-hybridized carbons (Fsp3) is 0.391. The summed E-state index contributed by atoms with van der Waals surface area (Å²) < 4.78 is 11.3. The van der Waals surface area contributed by atoms with Crippen LogP contribution < -0.4 is 0 Å². The molecule has 4 rings (SSSR count). The van der Waals surface area contributed by atoms with E-state index in [0.29, 0.717) is 32.5 Å². The van der Waals surface area contributed by atoms with Crippen LogP contribution in [0.4, 0.5) is 4.79 Å². The van der Waals surface area contributed by atoms with Gasteiger partial charge in [-0.15, -0.1) is 0 Å². The summed E-state index contributed by atoms with van der Waals surface area (Å²) >= 11 is 0. The molecule has 6 heteroatoms. The van der Waals surface area contributed by atoms with Gasteiger partial charge in [-0.1, -0.05) is 48.5 Å². The second-order valence-corrected chi connectivity index (χ2v) is 7.50. The molecule has 1 saturated heterocycles. The molecule has 1 fully saturated rings. The van der Waals surface area contributed by atoms with Crippen LogP contribution in [0.25, 0.3) is 11.1 Å². The second-order valence-electron chi connectivity index (χ2n) is 7.50. The molecule has 1 amide bonds. The van der Waals surface area contributed by atoms with Crippen molar-refractivity contribution in [2.24, 2.45) is 0 Å². The molecule has 2 aromatic rings. The van der Waals surface area contributed by atoms with Gasteiger partial charge < -0.3 is 19.5 Å². The highest BCUT2D eigenvalue weighted by Crippen LogP contribution is 2.44. The number of amides is 1. The third-order valence-electron chi connectivity index (χ3n) is 5.71. The second kappa shape index (κ2) is 8.66. The number of hydrogen-bond acceptors (Lipinski definition) is 4. The van der Waals surface area contributed by atoms with Crippen LogP contribution in [0.1, 0.15) is 36.3 Å². The standard InChI is InChI=1S/C23H25NO5/c25-22(26)11-14-28-16-9-12-24(13-10-16)23(27)29-15-21-19-7-3-1-5-17(19)18-6-2-4-8-20(18)21/h1-8,16,21H,9-15H2,(H,25,26). The van der Waals surface area contributed by atoms with Crippen LogP contribution in [0.2, 0.25) is 0 Å². The van der Waals surface area contributed by atoms with Crippen molar-refractivity contribution < 1.29 is 24.2 Å². The minimum atomic E-state index is -0.860. The Balaban J connectivity index is 1.31. The third-order valence-corrected chi connectivity index (χ3v) is 5.71. The maximum absolute atomic E-state index is 12.6. The van der Waals surface area contributed by atoms with Gasteiger partial charge in [0, 0.05) is 19.0 Å². The van der Waals surface area contributed by atoms with E-state index in [1.165, 1.54) is 22.3 Å². The number of rotatable bonds is 6. The molecular formula is C23H25NO5. The number of nitrogens with zero attached hydrogens (tertiary/aromatic N) is 1. The van der Waals surface area contributed by atoms with Gasteiger partial charge in [0.05, 0.1) is 19.1 Å². The molecular weight excluding hydrogens is 370 g/mol. The fourth-order valence-electron chi connectivity index (χ4n) is 4.20. The first-order chi connectivity index (χ1) is 14.1. The number of fused-ring (bicyclic) bond motifs is 3. The highest BCUT2D eigenvalue weighted by molar-refractivity contribution is 5.79. The lowest BCUT2D eigenvalue weighted by Crippen LogP contribution is -2.41. The van der Waals surface area contributed by atoms with Gasteiger partial charge in [0.15, 0.2) is 0 Å². The Kier molecular flexibility index (Phi) is 5.81. The number of hydrogen-bond donors (Lipinski definition) is 1. The molecule has 0 saturated carbocycles. The molecule has 0 spiro atoms. The molecule has 0 bridgehead atoms. The minimum absolute atomic E-state index is 0.00647. The number of carboxylic acid groups (broad SMARTS) is 1. The summed E-state index contributed by atoms with van der Waals surface area (Å²) in [5.41, 5.74) is 4.83. The van der Waals surface area contributed by atoms with Crippen molar-refractivity contribution >= 4 is 12.1 Å². The topological polar surface area (TPSA) is 76.1 Å². The number of aliphatic carboxylic acids is 1. The van der Waals surface area contributed by atoms with Crippen molar-refractivity contribution in [1.82, 2.24) is 4.90 Å². The average molecular weight is 395 g/mol. The van der Waals surface area contributed by atoms with Crippen LogP contribution >= 0.6 is 0 Å². The first-order valence-electron chi connectivity index (χ1n) is 10.1. The lowest BCUT2D eigenvalue weighted by molar-refractivity contribution is -0.138. The zero-order valence-corrected chi connectivity index (χ0v) is 16.3. The molecule has 29 heavy (non-hydrogen) atoms. The van der Waals surface area contributed by atoms with Crippen LogP contribution in [0.3, 0.4) is 0 Å². The quantitative estimate of drug-likeness (QED) is 0.803. The molecule has 1 aliphatic heterocycles. The van der Waals surface area contributed by atoms with E-state index in [0.717, 1.165) is 0 Å². The smallest absolute Gasteiger partial charge is 0.409 e. The lowest BCUT2D eigenvalue weighted by atomic mass is 9.98. The van der Waals surface area contributed by atoms with Gasteiger partial charge in [0.25, 0.3) is 0 Å².